The first kappa shape index (κ1) is 16.5. The van der Waals surface area contributed by atoms with Crippen LogP contribution in [0.2, 0.25) is 0 Å². The van der Waals surface area contributed by atoms with Gasteiger partial charge < -0.3 is 20.5 Å². The highest BCUT2D eigenvalue weighted by atomic mass is 16.5. The quantitative estimate of drug-likeness (QED) is 0.538. The fraction of sp³-hybridized carbons (Fsp3) is 0.533. The van der Waals surface area contributed by atoms with Crippen LogP contribution in [0.5, 0.6) is 0 Å². The third-order valence-electron chi connectivity index (χ3n) is 2.76. The molecule has 0 aliphatic carbocycles. The molecule has 1 aromatic carbocycles. The lowest BCUT2D eigenvalue weighted by Gasteiger charge is -2.13. The van der Waals surface area contributed by atoms with E-state index in [1.807, 2.05) is 0 Å². The van der Waals surface area contributed by atoms with Crippen LogP contribution in [0.25, 0.3) is 0 Å². The summed E-state index contributed by atoms with van der Waals surface area (Å²) in [5.41, 5.74) is 6.93. The van der Waals surface area contributed by atoms with E-state index in [1.165, 1.54) is 0 Å². The van der Waals surface area contributed by atoms with Crippen LogP contribution in [0.15, 0.2) is 24.3 Å². The number of carbonyl (C=O) groups is 1. The Morgan fingerprint density at radius 1 is 1.35 bits per heavy atom. The lowest BCUT2D eigenvalue weighted by molar-refractivity contribution is -0.127. The van der Waals surface area contributed by atoms with Crippen molar-refractivity contribution in [2.45, 2.75) is 32.8 Å². The second-order valence-electron chi connectivity index (χ2n) is 4.59. The van der Waals surface area contributed by atoms with E-state index in [0.717, 1.165) is 19.4 Å². The second kappa shape index (κ2) is 9.34. The van der Waals surface area contributed by atoms with Gasteiger partial charge in [-0.2, -0.15) is 0 Å². The van der Waals surface area contributed by atoms with Gasteiger partial charge in [0.15, 0.2) is 0 Å². The summed E-state index contributed by atoms with van der Waals surface area (Å²) in [6.45, 7) is 5.49. The molecule has 0 radical (unpaired) electrons. The van der Waals surface area contributed by atoms with Gasteiger partial charge >= 0.3 is 0 Å². The number of unbranched alkanes of at least 4 members (excludes halogenated alkanes) is 1. The summed E-state index contributed by atoms with van der Waals surface area (Å²) in [5, 5.41) is 2.76. The lowest BCUT2D eigenvalue weighted by Crippen LogP contribution is -2.28. The third kappa shape index (κ3) is 6.54. The minimum absolute atomic E-state index is 0.191. The molecule has 1 rings (SSSR count). The van der Waals surface area contributed by atoms with Gasteiger partial charge in [0.05, 0.1) is 13.2 Å². The van der Waals surface area contributed by atoms with Gasteiger partial charge in [0.2, 0.25) is 0 Å². The summed E-state index contributed by atoms with van der Waals surface area (Å²) in [6, 6.07) is 7.05. The average Bonchev–Trinajstić information content (AvgIpc) is 2.42. The summed E-state index contributed by atoms with van der Waals surface area (Å²) in [6.07, 6.45) is 1.64. The molecule has 0 fully saturated rings. The highest BCUT2D eigenvalue weighted by Crippen LogP contribution is 2.12. The SMILES string of the molecule is CCCCOCCOC(C)C(=O)Nc1cccc(N)c1. The molecule has 1 aromatic rings. The number of hydrogen-bond acceptors (Lipinski definition) is 4. The number of hydrogen-bond donors (Lipinski definition) is 2. The fourth-order valence-corrected chi connectivity index (χ4v) is 1.57. The number of rotatable bonds is 9. The summed E-state index contributed by atoms with van der Waals surface area (Å²) < 4.78 is 10.8. The Kier molecular flexibility index (Phi) is 7.69. The molecular formula is C15H24N2O3. The first-order chi connectivity index (χ1) is 9.63. The second-order valence-corrected chi connectivity index (χ2v) is 4.59. The van der Waals surface area contributed by atoms with E-state index in [4.69, 9.17) is 15.2 Å². The van der Waals surface area contributed by atoms with Crippen LogP contribution in [0.3, 0.4) is 0 Å². The van der Waals surface area contributed by atoms with Gasteiger partial charge in [-0.3, -0.25) is 4.79 Å². The van der Waals surface area contributed by atoms with Crippen LogP contribution < -0.4 is 11.1 Å². The van der Waals surface area contributed by atoms with Gasteiger partial charge in [0.25, 0.3) is 5.91 Å². The van der Waals surface area contributed by atoms with Gasteiger partial charge in [-0.1, -0.05) is 19.4 Å². The predicted molar refractivity (Wildman–Crippen MR) is 80.6 cm³/mol. The number of benzene rings is 1. The molecule has 0 aliphatic heterocycles. The number of ether oxygens (including phenoxy) is 2. The van der Waals surface area contributed by atoms with Crippen molar-refractivity contribution in [2.75, 3.05) is 30.9 Å². The van der Waals surface area contributed by atoms with Crippen molar-refractivity contribution in [3.05, 3.63) is 24.3 Å². The number of nitrogen functional groups attached to an aromatic ring is 1. The maximum atomic E-state index is 11.9. The smallest absolute Gasteiger partial charge is 0.253 e. The van der Waals surface area contributed by atoms with E-state index >= 15 is 0 Å². The summed E-state index contributed by atoms with van der Waals surface area (Å²) in [4.78, 5) is 11.9. The molecule has 3 N–H and O–H groups in total. The van der Waals surface area contributed by atoms with Crippen LogP contribution in [0.1, 0.15) is 26.7 Å². The first-order valence-electron chi connectivity index (χ1n) is 6.99. The summed E-state index contributed by atoms with van der Waals surface area (Å²) in [5.74, 6) is -0.191. The largest absolute Gasteiger partial charge is 0.399 e. The molecule has 5 nitrogen and oxygen atoms in total. The molecule has 5 heteroatoms. The van der Waals surface area contributed by atoms with E-state index in [0.29, 0.717) is 24.6 Å². The monoisotopic (exact) mass is 280 g/mol. The molecule has 1 atom stereocenters. The van der Waals surface area contributed by atoms with Crippen LogP contribution in [-0.4, -0.2) is 31.8 Å². The Balaban J connectivity index is 2.22. The molecule has 0 saturated heterocycles. The van der Waals surface area contributed by atoms with E-state index in [1.54, 1.807) is 31.2 Å². The van der Waals surface area contributed by atoms with E-state index < -0.39 is 6.10 Å². The molecule has 0 heterocycles. The minimum Gasteiger partial charge on any atom is -0.399 e. The fourth-order valence-electron chi connectivity index (χ4n) is 1.57. The molecule has 0 bridgehead atoms. The predicted octanol–water partition coefficient (Wildman–Crippen LogP) is 2.43. The number of nitrogens with one attached hydrogen (secondary N) is 1. The zero-order chi connectivity index (χ0) is 14.8. The maximum absolute atomic E-state index is 11.9. The number of anilines is 2. The number of amides is 1. The Bertz CT molecular complexity index is 410. The van der Waals surface area contributed by atoms with Crippen molar-refractivity contribution in [1.29, 1.82) is 0 Å². The van der Waals surface area contributed by atoms with Crippen molar-refractivity contribution < 1.29 is 14.3 Å². The molecule has 0 aromatic heterocycles. The molecular weight excluding hydrogens is 256 g/mol. The maximum Gasteiger partial charge on any atom is 0.253 e. The zero-order valence-corrected chi connectivity index (χ0v) is 12.2. The third-order valence-corrected chi connectivity index (χ3v) is 2.76. The highest BCUT2D eigenvalue weighted by molar-refractivity contribution is 5.94. The van der Waals surface area contributed by atoms with Crippen molar-refractivity contribution >= 4 is 17.3 Å². The highest BCUT2D eigenvalue weighted by Gasteiger charge is 2.13. The number of nitrogens with two attached hydrogens (primary N) is 1. The van der Waals surface area contributed by atoms with Crippen molar-refractivity contribution in [2.24, 2.45) is 0 Å². The normalized spacial score (nSPS) is 12.1. The zero-order valence-electron chi connectivity index (χ0n) is 12.2. The average molecular weight is 280 g/mol. The Hall–Kier alpha value is -1.59. The molecule has 1 unspecified atom stereocenters. The molecule has 0 spiro atoms. The molecule has 0 saturated carbocycles. The van der Waals surface area contributed by atoms with E-state index in [9.17, 15) is 4.79 Å². The number of carbonyl (C=O) groups excluding carboxylic acids is 1. The minimum atomic E-state index is -0.522. The van der Waals surface area contributed by atoms with Crippen molar-refractivity contribution in [1.82, 2.24) is 0 Å². The summed E-state index contributed by atoms with van der Waals surface area (Å²) in [7, 11) is 0. The lowest BCUT2D eigenvalue weighted by atomic mass is 10.2. The topological polar surface area (TPSA) is 73.6 Å². The van der Waals surface area contributed by atoms with Gasteiger partial charge in [-0.05, 0) is 31.5 Å². The van der Waals surface area contributed by atoms with Gasteiger partial charge in [-0.15, -0.1) is 0 Å². The molecule has 1 amide bonds. The van der Waals surface area contributed by atoms with Crippen LogP contribution in [-0.2, 0) is 14.3 Å². The Labute approximate surface area is 120 Å². The van der Waals surface area contributed by atoms with E-state index in [-0.39, 0.29) is 5.91 Å². The standard InChI is InChI=1S/C15H24N2O3/c1-3-4-8-19-9-10-20-12(2)15(18)17-14-7-5-6-13(16)11-14/h5-7,11-12H,3-4,8-10,16H2,1-2H3,(H,17,18). The van der Waals surface area contributed by atoms with Gasteiger partial charge in [0.1, 0.15) is 6.10 Å². The Morgan fingerprint density at radius 2 is 2.15 bits per heavy atom. The van der Waals surface area contributed by atoms with Gasteiger partial charge in [0, 0.05) is 18.0 Å². The van der Waals surface area contributed by atoms with Crippen LogP contribution in [0.4, 0.5) is 11.4 Å². The van der Waals surface area contributed by atoms with E-state index in [2.05, 4.69) is 12.2 Å². The van der Waals surface area contributed by atoms with Crippen LogP contribution >= 0.6 is 0 Å². The van der Waals surface area contributed by atoms with Gasteiger partial charge in [-0.25, -0.2) is 0 Å². The first-order valence-corrected chi connectivity index (χ1v) is 6.99. The molecule has 0 aliphatic rings. The van der Waals surface area contributed by atoms with Crippen LogP contribution in [0, 0.1) is 0 Å². The van der Waals surface area contributed by atoms with Crippen molar-refractivity contribution in [3.63, 3.8) is 0 Å². The molecule has 112 valence electrons. The Morgan fingerprint density at radius 3 is 2.85 bits per heavy atom. The molecule has 20 heavy (non-hydrogen) atoms. The van der Waals surface area contributed by atoms with Crippen molar-refractivity contribution in [3.8, 4) is 0 Å². The summed E-state index contributed by atoms with van der Waals surface area (Å²) >= 11 is 0.